The maximum Gasteiger partial charge on any atom is 0.178 e. The van der Waals surface area contributed by atoms with Gasteiger partial charge in [-0.3, -0.25) is 4.98 Å². The third-order valence-corrected chi connectivity index (χ3v) is 3.95. The number of aromatic nitrogens is 3. The number of H-pyrrole nitrogens is 1. The van der Waals surface area contributed by atoms with E-state index in [4.69, 9.17) is 12.2 Å². The van der Waals surface area contributed by atoms with E-state index >= 15 is 0 Å². The third kappa shape index (κ3) is 2.33. The molecule has 0 saturated carbocycles. The van der Waals surface area contributed by atoms with Gasteiger partial charge in [-0.1, -0.05) is 0 Å². The molecule has 1 aliphatic rings. The van der Waals surface area contributed by atoms with Gasteiger partial charge in [0, 0.05) is 12.7 Å². The fourth-order valence-corrected chi connectivity index (χ4v) is 2.99. The molecule has 5 heteroatoms. The standard InChI is InChI=1S/C13H18N4S/c18-13-15-11-10-14-5-4-12(11)17(13)9-3-8-16-6-1-2-7-16/h4-5,10H,1-3,6-9H2,(H,15,18). The number of aromatic amines is 1. The van der Waals surface area contributed by atoms with E-state index < -0.39 is 0 Å². The zero-order valence-corrected chi connectivity index (χ0v) is 11.2. The lowest BCUT2D eigenvalue weighted by atomic mass is 10.3. The van der Waals surface area contributed by atoms with Crippen LogP contribution in [-0.4, -0.2) is 39.1 Å². The van der Waals surface area contributed by atoms with Crippen LogP contribution in [0, 0.1) is 4.77 Å². The van der Waals surface area contributed by atoms with Crippen LogP contribution in [0.2, 0.25) is 0 Å². The van der Waals surface area contributed by atoms with Crippen molar-refractivity contribution in [2.24, 2.45) is 0 Å². The number of hydrogen-bond donors (Lipinski definition) is 1. The van der Waals surface area contributed by atoms with Crippen LogP contribution in [0.5, 0.6) is 0 Å². The summed E-state index contributed by atoms with van der Waals surface area (Å²) >= 11 is 5.37. The number of fused-ring (bicyclic) bond motifs is 1. The van der Waals surface area contributed by atoms with Gasteiger partial charge in [-0.25, -0.2) is 0 Å². The van der Waals surface area contributed by atoms with E-state index in [1.807, 2.05) is 18.5 Å². The summed E-state index contributed by atoms with van der Waals surface area (Å²) in [6.07, 6.45) is 7.53. The molecule has 0 amide bonds. The van der Waals surface area contributed by atoms with E-state index in [1.54, 1.807) is 0 Å². The molecule has 0 radical (unpaired) electrons. The Bertz CT molecular complexity index is 580. The maximum atomic E-state index is 5.37. The van der Waals surface area contributed by atoms with E-state index in [2.05, 4.69) is 19.4 Å². The quantitative estimate of drug-likeness (QED) is 0.860. The average molecular weight is 262 g/mol. The highest BCUT2D eigenvalue weighted by Gasteiger charge is 2.11. The van der Waals surface area contributed by atoms with Crippen molar-refractivity contribution in [3.8, 4) is 0 Å². The van der Waals surface area contributed by atoms with Crippen molar-refractivity contribution in [3.05, 3.63) is 23.2 Å². The Hall–Kier alpha value is -1.20. The van der Waals surface area contributed by atoms with Crippen molar-refractivity contribution in [3.63, 3.8) is 0 Å². The van der Waals surface area contributed by atoms with Gasteiger partial charge in [0.1, 0.15) is 0 Å². The fraction of sp³-hybridized carbons (Fsp3) is 0.538. The van der Waals surface area contributed by atoms with Gasteiger partial charge in [-0.15, -0.1) is 0 Å². The van der Waals surface area contributed by atoms with E-state index in [-0.39, 0.29) is 0 Å². The summed E-state index contributed by atoms with van der Waals surface area (Å²) in [6, 6.07) is 2.03. The molecule has 18 heavy (non-hydrogen) atoms. The summed E-state index contributed by atoms with van der Waals surface area (Å²) in [5, 5.41) is 0. The Balaban J connectivity index is 1.70. The fourth-order valence-electron chi connectivity index (χ4n) is 2.69. The number of nitrogens with one attached hydrogen (secondary N) is 1. The molecule has 3 rings (SSSR count). The summed E-state index contributed by atoms with van der Waals surface area (Å²) in [5.74, 6) is 0. The number of pyridine rings is 1. The van der Waals surface area contributed by atoms with Gasteiger partial charge in [0.05, 0.1) is 17.2 Å². The first-order valence-electron chi connectivity index (χ1n) is 6.59. The van der Waals surface area contributed by atoms with Gasteiger partial charge in [0.2, 0.25) is 0 Å². The molecule has 2 aromatic rings. The lowest BCUT2D eigenvalue weighted by Crippen LogP contribution is -2.21. The summed E-state index contributed by atoms with van der Waals surface area (Å²) in [5.41, 5.74) is 2.19. The molecule has 0 atom stereocenters. The van der Waals surface area contributed by atoms with Crippen molar-refractivity contribution < 1.29 is 0 Å². The Kier molecular flexibility index (Phi) is 3.43. The van der Waals surface area contributed by atoms with Crippen molar-refractivity contribution in [2.75, 3.05) is 19.6 Å². The molecule has 0 bridgehead atoms. The molecular formula is C13H18N4S. The summed E-state index contributed by atoms with van der Waals surface area (Å²) in [7, 11) is 0. The minimum absolute atomic E-state index is 0.805. The van der Waals surface area contributed by atoms with Gasteiger partial charge in [0.25, 0.3) is 0 Å². The average Bonchev–Trinajstić information content (AvgIpc) is 2.98. The van der Waals surface area contributed by atoms with Gasteiger partial charge in [0.15, 0.2) is 4.77 Å². The SMILES string of the molecule is S=c1[nH]c2cnccc2n1CCCN1CCCC1. The topological polar surface area (TPSA) is 36.9 Å². The first kappa shape index (κ1) is 11.9. The lowest BCUT2D eigenvalue weighted by molar-refractivity contribution is 0.326. The highest BCUT2D eigenvalue weighted by Crippen LogP contribution is 2.13. The number of aryl methyl sites for hydroxylation is 1. The minimum Gasteiger partial charge on any atom is -0.329 e. The predicted octanol–water partition coefficient (Wildman–Crippen LogP) is 2.58. The maximum absolute atomic E-state index is 5.37. The monoisotopic (exact) mass is 262 g/mol. The number of imidazole rings is 1. The Morgan fingerprint density at radius 3 is 2.94 bits per heavy atom. The molecule has 1 fully saturated rings. The minimum atomic E-state index is 0.805. The molecule has 1 saturated heterocycles. The van der Waals surface area contributed by atoms with E-state index in [9.17, 15) is 0 Å². The highest BCUT2D eigenvalue weighted by atomic mass is 32.1. The molecule has 0 aromatic carbocycles. The van der Waals surface area contributed by atoms with Crippen molar-refractivity contribution in [1.82, 2.24) is 19.4 Å². The van der Waals surface area contributed by atoms with E-state index in [0.717, 1.165) is 28.8 Å². The second-order valence-electron chi connectivity index (χ2n) is 4.88. The molecular weight excluding hydrogens is 244 g/mol. The number of rotatable bonds is 4. The van der Waals surface area contributed by atoms with Crippen LogP contribution in [-0.2, 0) is 6.54 Å². The molecule has 0 unspecified atom stereocenters. The number of nitrogens with zero attached hydrogens (tertiary/aromatic N) is 3. The lowest BCUT2D eigenvalue weighted by Gasteiger charge is -2.14. The zero-order chi connectivity index (χ0) is 12.4. The van der Waals surface area contributed by atoms with E-state index in [0.29, 0.717) is 0 Å². The van der Waals surface area contributed by atoms with Crippen molar-refractivity contribution in [1.29, 1.82) is 0 Å². The predicted molar refractivity (Wildman–Crippen MR) is 75.2 cm³/mol. The Morgan fingerprint density at radius 2 is 2.11 bits per heavy atom. The van der Waals surface area contributed by atoms with Crippen LogP contribution in [0.4, 0.5) is 0 Å². The number of hydrogen-bond acceptors (Lipinski definition) is 3. The van der Waals surface area contributed by atoms with Crippen LogP contribution in [0.1, 0.15) is 19.3 Å². The van der Waals surface area contributed by atoms with Gasteiger partial charge in [-0.2, -0.15) is 0 Å². The Labute approximate surface area is 112 Å². The number of likely N-dealkylation sites (tertiary alicyclic amines) is 1. The smallest absolute Gasteiger partial charge is 0.178 e. The second kappa shape index (κ2) is 5.20. The molecule has 96 valence electrons. The van der Waals surface area contributed by atoms with Crippen LogP contribution in [0.3, 0.4) is 0 Å². The second-order valence-corrected chi connectivity index (χ2v) is 5.26. The zero-order valence-electron chi connectivity index (χ0n) is 10.4. The summed E-state index contributed by atoms with van der Waals surface area (Å²) in [4.78, 5) is 9.86. The first-order chi connectivity index (χ1) is 8.84. The molecule has 4 nitrogen and oxygen atoms in total. The van der Waals surface area contributed by atoms with Gasteiger partial charge < -0.3 is 14.5 Å². The molecule has 0 spiro atoms. The molecule has 1 aliphatic heterocycles. The van der Waals surface area contributed by atoms with Gasteiger partial charge >= 0.3 is 0 Å². The Morgan fingerprint density at radius 1 is 1.28 bits per heavy atom. The highest BCUT2D eigenvalue weighted by molar-refractivity contribution is 7.71. The van der Waals surface area contributed by atoms with Crippen LogP contribution in [0.25, 0.3) is 11.0 Å². The molecule has 1 N–H and O–H groups in total. The van der Waals surface area contributed by atoms with Crippen LogP contribution in [0.15, 0.2) is 18.5 Å². The largest absolute Gasteiger partial charge is 0.329 e. The van der Waals surface area contributed by atoms with Gasteiger partial charge in [-0.05, 0) is 57.2 Å². The summed E-state index contributed by atoms with van der Waals surface area (Å²) < 4.78 is 2.99. The molecule has 0 aliphatic carbocycles. The van der Waals surface area contributed by atoms with Crippen molar-refractivity contribution in [2.45, 2.75) is 25.8 Å². The van der Waals surface area contributed by atoms with Crippen LogP contribution < -0.4 is 0 Å². The van der Waals surface area contributed by atoms with E-state index in [1.165, 1.54) is 32.5 Å². The third-order valence-electron chi connectivity index (χ3n) is 3.63. The normalized spacial score (nSPS) is 16.7. The summed E-state index contributed by atoms with van der Waals surface area (Å²) in [6.45, 7) is 4.70. The first-order valence-corrected chi connectivity index (χ1v) is 7.00. The van der Waals surface area contributed by atoms with Crippen molar-refractivity contribution >= 4 is 23.3 Å². The molecule has 2 aromatic heterocycles. The molecule has 3 heterocycles. The van der Waals surface area contributed by atoms with Crippen LogP contribution >= 0.6 is 12.2 Å².